The van der Waals surface area contributed by atoms with Crippen LogP contribution in [0.3, 0.4) is 0 Å². The Hall–Kier alpha value is -3.09. The van der Waals surface area contributed by atoms with E-state index in [9.17, 15) is 22.8 Å². The molecule has 4 nitrogen and oxygen atoms in total. The molecule has 0 radical (unpaired) electrons. The number of nitrogens with one attached hydrogen (secondary N) is 2. The summed E-state index contributed by atoms with van der Waals surface area (Å²) in [6.45, 7) is 1.60. The van der Waals surface area contributed by atoms with Crippen molar-refractivity contribution in [1.82, 2.24) is 10.6 Å². The molecule has 1 aliphatic carbocycles. The van der Waals surface area contributed by atoms with Crippen molar-refractivity contribution in [1.29, 1.82) is 0 Å². The van der Waals surface area contributed by atoms with Crippen LogP contribution in [0.1, 0.15) is 59.7 Å². The fourth-order valence-electron chi connectivity index (χ4n) is 4.22. The van der Waals surface area contributed by atoms with Crippen molar-refractivity contribution in [2.45, 2.75) is 57.4 Å². The number of rotatable bonds is 7. The summed E-state index contributed by atoms with van der Waals surface area (Å²) in [5, 5.41) is 5.01. The average Bonchev–Trinajstić information content (AvgIpc) is 2.80. The number of allylic oxidation sites excluding steroid dienone is 1. The summed E-state index contributed by atoms with van der Waals surface area (Å²) in [6.07, 6.45) is 3.46. The summed E-state index contributed by atoms with van der Waals surface area (Å²) in [6, 6.07) is 10.4. The highest BCUT2D eigenvalue weighted by Crippen LogP contribution is 2.34. The van der Waals surface area contributed by atoms with Gasteiger partial charge in [0.15, 0.2) is 0 Å². The number of halogens is 3. The van der Waals surface area contributed by atoms with E-state index in [0.717, 1.165) is 5.56 Å². The van der Waals surface area contributed by atoms with E-state index in [1.165, 1.54) is 12.1 Å². The molecule has 1 fully saturated rings. The lowest BCUT2D eigenvalue weighted by molar-refractivity contribution is -0.122. The van der Waals surface area contributed by atoms with Crippen LogP contribution in [-0.4, -0.2) is 30.8 Å². The number of benzene rings is 2. The van der Waals surface area contributed by atoms with E-state index in [4.69, 9.17) is 0 Å². The van der Waals surface area contributed by atoms with E-state index in [1.807, 2.05) is 12.1 Å². The molecule has 2 N–H and O–H groups in total. The predicted molar refractivity (Wildman–Crippen MR) is 123 cm³/mol. The Kier molecular flexibility index (Phi) is 7.95. The molecule has 0 spiro atoms. The Labute approximate surface area is 192 Å². The third-order valence-electron chi connectivity index (χ3n) is 6.10. The molecule has 1 atom stereocenters. The SMILES string of the molecule is C/C=C(/C(=O)NC1CCCCC1(F)F)c1c(F)cccc1CCc1ccc(C(=O)NC)cc1. The molecular weight excluding hydrogens is 429 g/mol. The van der Waals surface area contributed by atoms with Crippen LogP contribution in [0, 0.1) is 5.82 Å². The van der Waals surface area contributed by atoms with Crippen LogP contribution in [0.4, 0.5) is 13.2 Å². The maximum Gasteiger partial charge on any atom is 0.267 e. The minimum atomic E-state index is -2.97. The second-order valence-electron chi connectivity index (χ2n) is 8.29. The van der Waals surface area contributed by atoms with Crippen LogP contribution in [0.25, 0.3) is 5.57 Å². The summed E-state index contributed by atoms with van der Waals surface area (Å²) in [5.41, 5.74) is 2.30. The van der Waals surface area contributed by atoms with Crippen LogP contribution in [0.5, 0.6) is 0 Å². The van der Waals surface area contributed by atoms with Gasteiger partial charge in [-0.25, -0.2) is 13.2 Å². The Balaban J connectivity index is 1.78. The summed E-state index contributed by atoms with van der Waals surface area (Å²) < 4.78 is 43.3. The summed E-state index contributed by atoms with van der Waals surface area (Å²) in [5.74, 6) is -4.40. The lowest BCUT2D eigenvalue weighted by Crippen LogP contribution is -2.49. The quantitative estimate of drug-likeness (QED) is 0.570. The number of amides is 2. The largest absolute Gasteiger partial charge is 0.355 e. The molecule has 176 valence electrons. The highest BCUT2D eigenvalue weighted by Gasteiger charge is 2.42. The zero-order valence-corrected chi connectivity index (χ0v) is 18.9. The molecule has 33 heavy (non-hydrogen) atoms. The zero-order valence-electron chi connectivity index (χ0n) is 18.9. The number of carbonyl (C=O) groups is 2. The maximum atomic E-state index is 14.9. The van der Waals surface area contributed by atoms with Crippen molar-refractivity contribution in [3.8, 4) is 0 Å². The van der Waals surface area contributed by atoms with Gasteiger partial charge >= 0.3 is 0 Å². The molecule has 2 amide bonds. The highest BCUT2D eigenvalue weighted by molar-refractivity contribution is 6.20. The smallest absolute Gasteiger partial charge is 0.267 e. The van der Waals surface area contributed by atoms with Gasteiger partial charge in [0.05, 0.1) is 6.04 Å². The first-order valence-corrected chi connectivity index (χ1v) is 11.2. The molecule has 0 heterocycles. The first kappa shape index (κ1) is 24.6. The van der Waals surface area contributed by atoms with Gasteiger partial charge in [-0.15, -0.1) is 0 Å². The number of aryl methyl sites for hydroxylation is 2. The van der Waals surface area contributed by atoms with E-state index in [1.54, 1.807) is 38.2 Å². The van der Waals surface area contributed by atoms with Crippen molar-refractivity contribution in [3.63, 3.8) is 0 Å². The molecule has 2 aromatic carbocycles. The average molecular weight is 459 g/mol. The van der Waals surface area contributed by atoms with Gasteiger partial charge in [-0.2, -0.15) is 0 Å². The molecule has 1 unspecified atom stereocenters. The molecule has 3 rings (SSSR count). The first-order valence-electron chi connectivity index (χ1n) is 11.2. The summed E-state index contributed by atoms with van der Waals surface area (Å²) in [7, 11) is 1.56. The molecule has 0 saturated heterocycles. The standard InChI is InChI=1S/C26H29F3N2O2/c1-3-20(25(33)31-22-9-4-5-16-26(22,28)29)23-18(7-6-8-21(23)27)13-10-17-11-14-19(15-12-17)24(32)30-2/h3,6-8,11-12,14-15,22H,4-5,9-10,13,16H2,1-2H3,(H,30,32)(H,31,33)/b20-3+. The van der Waals surface area contributed by atoms with Crippen LogP contribution >= 0.6 is 0 Å². The normalized spacial score (nSPS) is 18.0. The van der Waals surface area contributed by atoms with Crippen LogP contribution in [-0.2, 0) is 17.6 Å². The van der Waals surface area contributed by atoms with E-state index in [-0.39, 0.29) is 29.9 Å². The van der Waals surface area contributed by atoms with Gasteiger partial charge in [0.25, 0.3) is 17.7 Å². The number of hydrogen-bond donors (Lipinski definition) is 2. The molecule has 0 aliphatic heterocycles. The van der Waals surface area contributed by atoms with Crippen molar-refractivity contribution in [3.05, 3.63) is 76.6 Å². The predicted octanol–water partition coefficient (Wildman–Crippen LogP) is 5.07. The van der Waals surface area contributed by atoms with Crippen molar-refractivity contribution < 1.29 is 22.8 Å². The fourth-order valence-corrected chi connectivity index (χ4v) is 4.22. The maximum absolute atomic E-state index is 14.9. The molecule has 0 aromatic heterocycles. The van der Waals surface area contributed by atoms with Crippen LogP contribution in [0.15, 0.2) is 48.5 Å². The fraction of sp³-hybridized carbons (Fsp3) is 0.385. The van der Waals surface area contributed by atoms with Crippen molar-refractivity contribution in [2.24, 2.45) is 0 Å². The Morgan fingerprint density at radius 1 is 1.09 bits per heavy atom. The van der Waals surface area contributed by atoms with Gasteiger partial charge in [-0.1, -0.05) is 36.8 Å². The van der Waals surface area contributed by atoms with Gasteiger partial charge in [-0.3, -0.25) is 9.59 Å². The van der Waals surface area contributed by atoms with Crippen molar-refractivity contribution >= 4 is 17.4 Å². The topological polar surface area (TPSA) is 58.2 Å². The number of alkyl halides is 2. The first-order chi connectivity index (χ1) is 15.8. The minimum Gasteiger partial charge on any atom is -0.355 e. The summed E-state index contributed by atoms with van der Waals surface area (Å²) >= 11 is 0. The van der Waals surface area contributed by atoms with Crippen molar-refractivity contribution in [2.75, 3.05) is 7.05 Å². The summed E-state index contributed by atoms with van der Waals surface area (Å²) in [4.78, 5) is 24.6. The van der Waals surface area contributed by atoms with Crippen LogP contribution < -0.4 is 10.6 Å². The number of hydrogen-bond acceptors (Lipinski definition) is 2. The lowest BCUT2D eigenvalue weighted by atomic mass is 9.90. The Morgan fingerprint density at radius 2 is 1.82 bits per heavy atom. The van der Waals surface area contributed by atoms with E-state index in [0.29, 0.717) is 36.8 Å². The van der Waals surface area contributed by atoms with E-state index >= 15 is 0 Å². The third-order valence-corrected chi connectivity index (χ3v) is 6.10. The van der Waals surface area contributed by atoms with Gasteiger partial charge in [0, 0.05) is 30.2 Å². The molecule has 1 aliphatic rings. The molecular formula is C26H29F3N2O2. The molecule has 1 saturated carbocycles. The zero-order chi connectivity index (χ0) is 24.0. The van der Waals surface area contributed by atoms with E-state index < -0.39 is 23.7 Å². The minimum absolute atomic E-state index is 0.0550. The molecule has 7 heteroatoms. The second kappa shape index (κ2) is 10.7. The van der Waals surface area contributed by atoms with E-state index in [2.05, 4.69) is 10.6 Å². The Morgan fingerprint density at radius 3 is 2.45 bits per heavy atom. The van der Waals surface area contributed by atoms with Gasteiger partial charge in [0.2, 0.25) is 0 Å². The van der Waals surface area contributed by atoms with Gasteiger partial charge in [0.1, 0.15) is 5.82 Å². The van der Waals surface area contributed by atoms with Crippen LogP contribution in [0.2, 0.25) is 0 Å². The third kappa shape index (κ3) is 5.83. The second-order valence-corrected chi connectivity index (χ2v) is 8.29. The number of carbonyl (C=O) groups excluding carboxylic acids is 2. The van der Waals surface area contributed by atoms with Gasteiger partial charge in [-0.05, 0) is 61.9 Å². The lowest BCUT2D eigenvalue weighted by Gasteiger charge is -2.32. The Bertz CT molecular complexity index is 1030. The monoisotopic (exact) mass is 458 g/mol. The molecule has 2 aromatic rings. The highest BCUT2D eigenvalue weighted by atomic mass is 19.3. The van der Waals surface area contributed by atoms with Gasteiger partial charge < -0.3 is 10.6 Å². The molecule has 0 bridgehead atoms.